The predicted molar refractivity (Wildman–Crippen MR) is 92.1 cm³/mol. The Morgan fingerprint density at radius 3 is 3.08 bits per heavy atom. The van der Waals surface area contributed by atoms with Gasteiger partial charge in [-0.1, -0.05) is 18.2 Å². The minimum absolute atomic E-state index is 0.0713. The molecule has 3 aromatic rings. The van der Waals surface area contributed by atoms with Gasteiger partial charge in [-0.3, -0.25) is 9.48 Å². The van der Waals surface area contributed by atoms with Crippen molar-refractivity contribution in [3.8, 4) is 0 Å². The topological polar surface area (TPSA) is 63.3 Å². The van der Waals surface area contributed by atoms with E-state index in [9.17, 15) is 4.79 Å². The fourth-order valence-corrected chi connectivity index (χ4v) is 3.32. The van der Waals surface area contributed by atoms with Gasteiger partial charge in [0.15, 0.2) is 0 Å². The molecule has 1 aliphatic heterocycles. The van der Waals surface area contributed by atoms with Gasteiger partial charge in [0.25, 0.3) is 5.91 Å². The summed E-state index contributed by atoms with van der Waals surface area (Å²) in [5.74, 6) is -0.0713. The highest BCUT2D eigenvalue weighted by molar-refractivity contribution is 6.06. The van der Waals surface area contributed by atoms with Gasteiger partial charge in [0.1, 0.15) is 11.8 Å². The van der Waals surface area contributed by atoms with Gasteiger partial charge in [-0.05, 0) is 18.9 Å². The zero-order valence-corrected chi connectivity index (χ0v) is 13.6. The third kappa shape index (κ3) is 2.75. The fraction of sp³-hybridized carbons (Fsp3) is 0.333. The third-order valence-electron chi connectivity index (χ3n) is 4.54. The highest BCUT2D eigenvalue weighted by atomic mass is 16.3. The van der Waals surface area contributed by atoms with Crippen LogP contribution in [0, 0.1) is 0 Å². The minimum Gasteiger partial charge on any atom is -0.463 e. The first-order valence-electron chi connectivity index (χ1n) is 8.21. The van der Waals surface area contributed by atoms with Crippen LogP contribution in [0.4, 0.5) is 5.69 Å². The van der Waals surface area contributed by atoms with E-state index in [1.54, 1.807) is 10.9 Å². The van der Waals surface area contributed by atoms with E-state index >= 15 is 0 Å². The number of amides is 1. The molecule has 24 heavy (non-hydrogen) atoms. The number of aryl methyl sites for hydroxylation is 1. The number of furan rings is 1. The first-order valence-corrected chi connectivity index (χ1v) is 8.21. The van der Waals surface area contributed by atoms with Crippen LogP contribution in [0.2, 0.25) is 0 Å². The Kier molecular flexibility index (Phi) is 3.72. The number of fused-ring (bicyclic) bond motifs is 1. The zero-order chi connectivity index (χ0) is 16.5. The Bertz CT molecular complexity index is 867. The molecule has 2 aromatic heterocycles. The first kappa shape index (κ1) is 14.8. The van der Waals surface area contributed by atoms with E-state index in [1.807, 2.05) is 43.7 Å². The van der Waals surface area contributed by atoms with Crippen molar-refractivity contribution in [2.75, 3.05) is 18.0 Å². The summed E-state index contributed by atoms with van der Waals surface area (Å²) in [5.41, 5.74) is 2.44. The molecule has 6 nitrogen and oxygen atoms in total. The molecule has 0 spiro atoms. The van der Waals surface area contributed by atoms with E-state index in [0.717, 1.165) is 42.6 Å². The molecule has 0 aliphatic carbocycles. The SMILES string of the molecule is Cn1cc(N2CCC[C@H](NC(=O)c3coc4ccccc34)C2)cn1. The second-order valence-corrected chi connectivity index (χ2v) is 6.28. The quantitative estimate of drug-likeness (QED) is 0.804. The van der Waals surface area contributed by atoms with Crippen LogP contribution >= 0.6 is 0 Å². The Labute approximate surface area is 140 Å². The van der Waals surface area contributed by atoms with Crippen LogP contribution in [-0.4, -0.2) is 34.8 Å². The summed E-state index contributed by atoms with van der Waals surface area (Å²) in [7, 11) is 1.91. The standard InChI is InChI=1S/C18H20N4O2/c1-21-11-14(9-19-21)22-8-4-5-13(10-22)20-18(23)16-12-24-17-7-3-2-6-15(16)17/h2-3,6-7,9,11-13H,4-5,8,10H2,1H3,(H,20,23)/t13-/m0/s1. The van der Waals surface area contributed by atoms with Crippen LogP contribution in [0.1, 0.15) is 23.2 Å². The van der Waals surface area contributed by atoms with Crippen LogP contribution in [0.3, 0.4) is 0 Å². The number of anilines is 1. The van der Waals surface area contributed by atoms with Gasteiger partial charge in [0.05, 0.1) is 17.4 Å². The number of nitrogens with zero attached hydrogens (tertiary/aromatic N) is 3. The smallest absolute Gasteiger partial charge is 0.255 e. The molecular formula is C18H20N4O2. The van der Waals surface area contributed by atoms with Crippen molar-refractivity contribution >= 4 is 22.6 Å². The molecule has 1 N–H and O–H groups in total. The number of para-hydroxylation sites is 1. The van der Waals surface area contributed by atoms with Crippen LogP contribution < -0.4 is 10.2 Å². The molecule has 0 saturated carbocycles. The molecule has 1 fully saturated rings. The lowest BCUT2D eigenvalue weighted by atomic mass is 10.0. The molecule has 1 aromatic carbocycles. The number of piperidine rings is 1. The maximum atomic E-state index is 12.6. The molecule has 0 bridgehead atoms. The highest BCUT2D eigenvalue weighted by Crippen LogP contribution is 2.22. The monoisotopic (exact) mass is 324 g/mol. The Hall–Kier alpha value is -2.76. The van der Waals surface area contributed by atoms with E-state index in [0.29, 0.717) is 5.56 Å². The van der Waals surface area contributed by atoms with Gasteiger partial charge in [-0.15, -0.1) is 0 Å². The maximum Gasteiger partial charge on any atom is 0.255 e. The van der Waals surface area contributed by atoms with Gasteiger partial charge in [0, 0.05) is 37.8 Å². The molecule has 1 atom stereocenters. The molecule has 4 rings (SSSR count). The second kappa shape index (κ2) is 6.03. The fourth-order valence-electron chi connectivity index (χ4n) is 3.32. The first-order chi connectivity index (χ1) is 11.7. The number of aromatic nitrogens is 2. The average Bonchev–Trinajstić information content (AvgIpc) is 3.21. The van der Waals surface area contributed by atoms with Gasteiger partial charge >= 0.3 is 0 Å². The number of rotatable bonds is 3. The van der Waals surface area contributed by atoms with Gasteiger partial charge in [-0.25, -0.2) is 0 Å². The van der Waals surface area contributed by atoms with E-state index < -0.39 is 0 Å². The summed E-state index contributed by atoms with van der Waals surface area (Å²) in [6.07, 6.45) is 7.45. The van der Waals surface area contributed by atoms with Crippen LogP contribution in [0.5, 0.6) is 0 Å². The molecule has 1 aliphatic rings. The van der Waals surface area contributed by atoms with Crippen molar-refractivity contribution in [3.63, 3.8) is 0 Å². The Morgan fingerprint density at radius 1 is 1.38 bits per heavy atom. The summed E-state index contributed by atoms with van der Waals surface area (Å²) in [6.45, 7) is 1.79. The van der Waals surface area contributed by atoms with Crippen LogP contribution in [0.25, 0.3) is 11.0 Å². The van der Waals surface area contributed by atoms with E-state index in [-0.39, 0.29) is 11.9 Å². The number of benzene rings is 1. The molecule has 0 unspecified atom stereocenters. The number of hydrogen-bond acceptors (Lipinski definition) is 4. The molecule has 1 saturated heterocycles. The molecule has 1 amide bonds. The normalized spacial score (nSPS) is 18.0. The predicted octanol–water partition coefficient (Wildman–Crippen LogP) is 2.57. The van der Waals surface area contributed by atoms with Gasteiger partial charge < -0.3 is 14.6 Å². The van der Waals surface area contributed by atoms with Gasteiger partial charge in [-0.2, -0.15) is 5.10 Å². The van der Waals surface area contributed by atoms with E-state index in [1.165, 1.54) is 0 Å². The molecule has 6 heteroatoms. The molecular weight excluding hydrogens is 304 g/mol. The summed E-state index contributed by atoms with van der Waals surface area (Å²) in [6, 6.07) is 7.73. The lowest BCUT2D eigenvalue weighted by Gasteiger charge is -2.33. The van der Waals surface area contributed by atoms with Crippen LogP contribution in [-0.2, 0) is 7.05 Å². The maximum absolute atomic E-state index is 12.6. The van der Waals surface area contributed by atoms with Gasteiger partial charge in [0.2, 0.25) is 0 Å². The summed E-state index contributed by atoms with van der Waals surface area (Å²) in [4.78, 5) is 14.9. The second-order valence-electron chi connectivity index (χ2n) is 6.28. The molecule has 3 heterocycles. The number of nitrogens with one attached hydrogen (secondary N) is 1. The number of carbonyl (C=O) groups excluding carboxylic acids is 1. The van der Waals surface area contributed by atoms with Crippen LogP contribution in [0.15, 0.2) is 47.3 Å². The largest absolute Gasteiger partial charge is 0.463 e. The summed E-state index contributed by atoms with van der Waals surface area (Å²) >= 11 is 0. The molecule has 0 radical (unpaired) electrons. The highest BCUT2D eigenvalue weighted by Gasteiger charge is 2.24. The Balaban J connectivity index is 1.47. The van der Waals surface area contributed by atoms with Crippen molar-refractivity contribution in [2.45, 2.75) is 18.9 Å². The van der Waals surface area contributed by atoms with Crippen molar-refractivity contribution in [2.24, 2.45) is 7.05 Å². The van der Waals surface area contributed by atoms with Crippen molar-refractivity contribution in [3.05, 3.63) is 48.5 Å². The lowest BCUT2D eigenvalue weighted by Crippen LogP contribution is -2.47. The van der Waals surface area contributed by atoms with Crippen molar-refractivity contribution in [1.29, 1.82) is 0 Å². The van der Waals surface area contributed by atoms with Crippen molar-refractivity contribution in [1.82, 2.24) is 15.1 Å². The lowest BCUT2D eigenvalue weighted by molar-refractivity contribution is 0.0934. The minimum atomic E-state index is -0.0713. The molecule has 124 valence electrons. The van der Waals surface area contributed by atoms with E-state index in [2.05, 4.69) is 15.3 Å². The average molecular weight is 324 g/mol. The summed E-state index contributed by atoms with van der Waals surface area (Å²) < 4.78 is 7.27. The number of carbonyl (C=O) groups is 1. The number of hydrogen-bond donors (Lipinski definition) is 1. The van der Waals surface area contributed by atoms with Crippen molar-refractivity contribution < 1.29 is 9.21 Å². The van der Waals surface area contributed by atoms with E-state index in [4.69, 9.17) is 4.42 Å². The Morgan fingerprint density at radius 2 is 2.25 bits per heavy atom. The zero-order valence-electron chi connectivity index (χ0n) is 13.6. The third-order valence-corrected chi connectivity index (χ3v) is 4.54. The summed E-state index contributed by atoms with van der Waals surface area (Å²) in [5, 5.41) is 8.24.